The minimum absolute atomic E-state index is 0.00320. The second-order valence-corrected chi connectivity index (χ2v) is 33.3. The van der Waals surface area contributed by atoms with Gasteiger partial charge in [-0.05, 0) is 186 Å². The van der Waals surface area contributed by atoms with Crippen LogP contribution < -0.4 is 0 Å². The van der Waals surface area contributed by atoms with Gasteiger partial charge in [-0.3, -0.25) is 0 Å². The number of carbonyl (C=O) groups excluding carboxylic acids is 14. The molecule has 0 saturated heterocycles. The Kier molecular flexibility index (Phi) is 81.0. The Morgan fingerprint density at radius 1 is 0.336 bits per heavy atom. The first-order valence-corrected chi connectivity index (χ1v) is 47.3. The maximum Gasteiger partial charge on any atom is 0.334 e. The van der Waals surface area contributed by atoms with Gasteiger partial charge in [-0.1, -0.05) is 205 Å². The standard InChI is InChI=1S/C19H26O4.C16H28O4.C15H24O4.C14H24O4.3C13H22O4/c1-14(2)12-22-18(20)11-17(19(21)23-13-15(3)4)10-16-8-6-5-7-9-16;1-5-9-10-13(6-2)11-14(16(18)20-8-4)12-15(17)19-7-3;1-3-18-14(16)11-13(15(17)19-4-2)10-12-8-6-5-7-9-12;1-6-17-13(15)9-12(14(16)18-7-2)11(5)8-10(3)4;1-6-16-11(14)8-10(9-13(3,4)5)12(15)17-7-2;1-5-16-12(14)9-11(8-7-10(3)4)13(15)17-6-2;1-5-8-10(4)11(13(15)17-7-3)9-12(14)16-6-2/h5-9,11,14-15H,10,12-13H2,1-4H3;12-13H,5-11H2,1-4H3;11-12H,3-10H2,1-2H3;9-11H,6-8H2,1-5H3;8H,6-7,9H2,1-5H3;2*9-10H,5-8H2,1-4H3. The van der Waals surface area contributed by atoms with E-state index in [-0.39, 0.29) is 35.1 Å². The Bertz CT molecular complexity index is 3650. The molecule has 0 heterocycles. The number of esters is 14. The summed E-state index contributed by atoms with van der Waals surface area (Å²) < 4.78 is 69.1. The van der Waals surface area contributed by atoms with Crippen molar-refractivity contribution in [1.29, 1.82) is 0 Å². The zero-order valence-electron chi connectivity index (χ0n) is 85.1. The van der Waals surface area contributed by atoms with Gasteiger partial charge in [0.05, 0.1) is 92.5 Å². The average molecular weight is 1850 g/mol. The molecular formula is C103H168O28. The summed E-state index contributed by atoms with van der Waals surface area (Å²) in [6.07, 6.45) is 25.1. The fourth-order valence-electron chi connectivity index (χ4n) is 12.0. The predicted octanol–water partition coefficient (Wildman–Crippen LogP) is 20.4. The highest BCUT2D eigenvalue weighted by atomic mass is 16.6. The Hall–Kier alpha value is -10.0. The molecule has 1 aliphatic carbocycles. The highest BCUT2D eigenvalue weighted by Crippen LogP contribution is 2.31. The van der Waals surface area contributed by atoms with Gasteiger partial charge >= 0.3 is 83.6 Å². The summed E-state index contributed by atoms with van der Waals surface area (Å²) >= 11 is 0. The lowest BCUT2D eigenvalue weighted by Crippen LogP contribution is -2.17. The van der Waals surface area contributed by atoms with Crippen molar-refractivity contribution in [2.75, 3.05) is 92.5 Å². The minimum atomic E-state index is -0.508. The molecule has 0 radical (unpaired) electrons. The first kappa shape index (κ1) is 129. The zero-order valence-corrected chi connectivity index (χ0v) is 85.1. The summed E-state index contributed by atoms with van der Waals surface area (Å²) in [6.45, 7) is 57.4. The average Bonchev–Trinajstić information content (AvgIpc) is 1.25. The van der Waals surface area contributed by atoms with Crippen LogP contribution in [0.2, 0.25) is 0 Å². The van der Waals surface area contributed by atoms with Crippen LogP contribution in [0.5, 0.6) is 0 Å². The fourth-order valence-corrected chi connectivity index (χ4v) is 12.0. The van der Waals surface area contributed by atoms with Crippen molar-refractivity contribution in [2.24, 2.45) is 52.8 Å². The number of hydrogen-bond donors (Lipinski definition) is 0. The molecule has 1 aromatic rings. The van der Waals surface area contributed by atoms with E-state index >= 15 is 0 Å². The lowest BCUT2D eigenvalue weighted by molar-refractivity contribution is -0.142. The normalized spacial score (nSPS) is 13.1. The van der Waals surface area contributed by atoms with E-state index < -0.39 is 77.6 Å². The molecule has 1 aromatic carbocycles. The molecule has 28 nitrogen and oxygen atoms in total. The number of hydrogen-bond acceptors (Lipinski definition) is 28. The smallest absolute Gasteiger partial charge is 0.334 e. The van der Waals surface area contributed by atoms with Crippen molar-refractivity contribution < 1.29 is 133 Å². The minimum Gasteiger partial charge on any atom is -0.463 e. The highest BCUT2D eigenvalue weighted by Gasteiger charge is 2.27. The molecule has 1 aliphatic rings. The molecule has 0 N–H and O–H groups in total. The van der Waals surface area contributed by atoms with E-state index in [1.165, 1.54) is 61.8 Å². The van der Waals surface area contributed by atoms with Gasteiger partial charge in [-0.2, -0.15) is 0 Å². The molecule has 28 heteroatoms. The van der Waals surface area contributed by atoms with Gasteiger partial charge < -0.3 is 66.3 Å². The summed E-state index contributed by atoms with van der Waals surface area (Å²) in [4.78, 5) is 163. The summed E-state index contributed by atoms with van der Waals surface area (Å²) in [7, 11) is 0. The topological polar surface area (TPSA) is 368 Å². The Balaban J connectivity index is -0.000000473. The Labute approximate surface area is 785 Å². The van der Waals surface area contributed by atoms with Crippen LogP contribution in [0.15, 0.2) is 112 Å². The number of benzene rings is 1. The maximum atomic E-state index is 12.2. The number of unbranched alkanes of at least 4 members (excludes halogenated alkanes) is 1. The SMILES string of the molecule is CC(C)COC(=O)C=C(Cc1ccccc1)C(=O)OCC(C)C.CCCC(C)C(=CC(=O)OCC)C(=O)OCC.CCCCC(CC)CC(=CC(=O)OCC)C(=O)OCC.CCOC(=O)C=C(C(=O)OCC)C(C)CC(C)C.CCOC(=O)C=C(CC(C)(C)C)C(=O)OCC.CCOC(=O)C=C(CC1CCCCC1)C(=O)OCC.CCOC(=O)C=C(CCC(C)C)C(=O)OCC. The quantitative estimate of drug-likeness (QED) is 0.0332. The molecule has 748 valence electrons. The van der Waals surface area contributed by atoms with Crippen molar-refractivity contribution >= 4 is 83.6 Å². The van der Waals surface area contributed by atoms with E-state index in [1.807, 2.05) is 99.6 Å². The fraction of sp³-hybridized carbons (Fsp3) is 0.670. The number of rotatable bonds is 50. The Morgan fingerprint density at radius 3 is 1.06 bits per heavy atom. The van der Waals surface area contributed by atoms with Gasteiger partial charge in [0.1, 0.15) is 0 Å². The molecule has 3 unspecified atom stereocenters. The van der Waals surface area contributed by atoms with E-state index in [2.05, 4.69) is 41.5 Å². The van der Waals surface area contributed by atoms with Crippen molar-refractivity contribution in [3.05, 3.63) is 117 Å². The van der Waals surface area contributed by atoms with E-state index in [0.717, 1.165) is 69.8 Å². The molecule has 2 rings (SSSR count). The predicted molar refractivity (Wildman–Crippen MR) is 508 cm³/mol. The van der Waals surface area contributed by atoms with E-state index in [1.54, 1.807) is 83.1 Å². The van der Waals surface area contributed by atoms with Crippen LogP contribution in [0.1, 0.15) is 309 Å². The highest BCUT2D eigenvalue weighted by molar-refractivity contribution is 6.00. The van der Waals surface area contributed by atoms with E-state index in [0.29, 0.717) is 187 Å². The molecule has 1 saturated carbocycles. The van der Waals surface area contributed by atoms with E-state index in [4.69, 9.17) is 66.3 Å². The van der Waals surface area contributed by atoms with Gasteiger partial charge in [-0.15, -0.1) is 0 Å². The van der Waals surface area contributed by atoms with Crippen molar-refractivity contribution in [3.63, 3.8) is 0 Å². The first-order chi connectivity index (χ1) is 61.9. The molecule has 0 aliphatic heterocycles. The second kappa shape index (κ2) is 81.9. The first-order valence-electron chi connectivity index (χ1n) is 47.3. The van der Waals surface area contributed by atoms with Crippen LogP contribution in [0, 0.1) is 52.8 Å². The number of ether oxygens (including phenoxy) is 14. The van der Waals surface area contributed by atoms with Crippen LogP contribution in [-0.4, -0.2) is 176 Å². The van der Waals surface area contributed by atoms with Gasteiger partial charge in [0.15, 0.2) is 0 Å². The Morgan fingerprint density at radius 2 is 0.679 bits per heavy atom. The van der Waals surface area contributed by atoms with Gasteiger partial charge in [-0.25, -0.2) is 67.1 Å². The van der Waals surface area contributed by atoms with Gasteiger partial charge in [0, 0.05) is 88.0 Å². The van der Waals surface area contributed by atoms with Crippen LogP contribution in [0.4, 0.5) is 0 Å². The third-order valence-electron chi connectivity index (χ3n) is 18.1. The van der Waals surface area contributed by atoms with Crippen molar-refractivity contribution in [2.45, 2.75) is 309 Å². The third kappa shape index (κ3) is 73.3. The second-order valence-electron chi connectivity index (χ2n) is 33.3. The van der Waals surface area contributed by atoms with Crippen LogP contribution in [0.3, 0.4) is 0 Å². The molecule has 0 spiro atoms. The van der Waals surface area contributed by atoms with Crippen LogP contribution >= 0.6 is 0 Å². The zero-order chi connectivity index (χ0) is 101. The molecule has 131 heavy (non-hydrogen) atoms. The molecule has 0 aromatic heterocycles. The summed E-state index contributed by atoms with van der Waals surface area (Å²) in [5, 5.41) is 0. The summed E-state index contributed by atoms with van der Waals surface area (Å²) in [5.74, 6) is -4.13. The van der Waals surface area contributed by atoms with Crippen LogP contribution in [0.25, 0.3) is 0 Å². The van der Waals surface area contributed by atoms with Crippen molar-refractivity contribution in [1.82, 2.24) is 0 Å². The molecule has 1 fully saturated rings. The molecular weight excluding hydrogens is 1690 g/mol. The third-order valence-corrected chi connectivity index (χ3v) is 18.1. The van der Waals surface area contributed by atoms with Crippen molar-refractivity contribution in [3.8, 4) is 0 Å². The molecule has 0 amide bonds. The lowest BCUT2D eigenvalue weighted by atomic mass is 9.84. The summed E-state index contributed by atoms with van der Waals surface area (Å²) in [5.41, 5.74) is 3.57. The summed E-state index contributed by atoms with van der Waals surface area (Å²) in [6, 6.07) is 9.50. The molecule has 3 atom stereocenters. The largest absolute Gasteiger partial charge is 0.463 e. The van der Waals surface area contributed by atoms with E-state index in [9.17, 15) is 67.1 Å². The molecule has 0 bridgehead atoms. The van der Waals surface area contributed by atoms with Gasteiger partial charge in [0.25, 0.3) is 0 Å². The number of carbonyl (C=O) groups is 14. The van der Waals surface area contributed by atoms with Gasteiger partial charge in [0.2, 0.25) is 0 Å². The lowest BCUT2D eigenvalue weighted by Gasteiger charge is -2.22. The maximum absolute atomic E-state index is 12.2. The van der Waals surface area contributed by atoms with Crippen LogP contribution in [-0.2, 0) is 140 Å². The monoisotopic (exact) mass is 1850 g/mol.